The van der Waals surface area contributed by atoms with E-state index >= 15 is 0 Å². The minimum Gasteiger partial charge on any atom is -0.384 e. The highest BCUT2D eigenvalue weighted by molar-refractivity contribution is 6.31. The van der Waals surface area contributed by atoms with Crippen molar-refractivity contribution in [3.05, 3.63) is 16.9 Å². The van der Waals surface area contributed by atoms with Gasteiger partial charge < -0.3 is 9.84 Å². The lowest BCUT2D eigenvalue weighted by molar-refractivity contribution is -0.171. The Kier molecular flexibility index (Phi) is 5.79. The monoisotopic (exact) mass is 318 g/mol. The zero-order valence-electron chi connectivity index (χ0n) is 10.9. The Morgan fingerprint density at radius 1 is 1.45 bits per heavy atom. The molecule has 9 heteroatoms. The van der Waals surface area contributed by atoms with Gasteiger partial charge in [-0.25, -0.2) is 8.78 Å². The van der Waals surface area contributed by atoms with Gasteiger partial charge in [-0.15, -0.1) is 0 Å². The van der Waals surface area contributed by atoms with Crippen molar-refractivity contribution in [3.63, 3.8) is 0 Å². The lowest BCUT2D eigenvalue weighted by Gasteiger charge is -2.19. The Morgan fingerprint density at radius 3 is 2.55 bits per heavy atom. The van der Waals surface area contributed by atoms with Crippen LogP contribution in [0.3, 0.4) is 0 Å². The minimum atomic E-state index is -4.25. The number of hydrogen-bond acceptors (Lipinski definition) is 3. The summed E-state index contributed by atoms with van der Waals surface area (Å²) < 4.78 is 54.9. The molecule has 1 heterocycles. The van der Waals surface area contributed by atoms with Gasteiger partial charge in [0.05, 0.1) is 23.5 Å². The number of aliphatic hydroxyl groups excluding tert-OH is 1. The van der Waals surface area contributed by atoms with Crippen LogP contribution in [0.1, 0.15) is 31.7 Å². The predicted molar refractivity (Wildman–Crippen MR) is 64.4 cm³/mol. The summed E-state index contributed by atoms with van der Waals surface area (Å²) in [6, 6.07) is -0.116. The van der Waals surface area contributed by atoms with Crippen LogP contribution in [0.15, 0.2) is 6.20 Å². The first-order valence-electron chi connectivity index (χ1n) is 5.81. The molecule has 0 aliphatic carbocycles. The fraction of sp³-hybridized carbons (Fsp3) is 0.727. The standard InChI is InChI=1S/C11H15ClF4N2O2/c1-6(2)18-9(7(12)3-17-18)8(19)4-20-5-11(15,16)10(13)14/h3,6,8,10,19H,4-5H2,1-2H3. The van der Waals surface area contributed by atoms with Gasteiger partial charge in [0.15, 0.2) is 0 Å². The van der Waals surface area contributed by atoms with Crippen LogP contribution in [0, 0.1) is 0 Å². The van der Waals surface area contributed by atoms with Gasteiger partial charge in [0.1, 0.15) is 12.7 Å². The van der Waals surface area contributed by atoms with E-state index in [2.05, 4.69) is 9.84 Å². The first kappa shape index (κ1) is 17.2. The van der Waals surface area contributed by atoms with Crippen LogP contribution in [0.2, 0.25) is 5.02 Å². The summed E-state index contributed by atoms with van der Waals surface area (Å²) in [5, 5.41) is 13.9. The normalized spacial score (nSPS) is 14.3. The SMILES string of the molecule is CC(C)n1ncc(Cl)c1C(O)COCC(F)(F)C(F)F. The van der Waals surface area contributed by atoms with Crippen LogP contribution in [-0.4, -0.2) is 40.4 Å². The van der Waals surface area contributed by atoms with E-state index in [9.17, 15) is 22.7 Å². The lowest BCUT2D eigenvalue weighted by Crippen LogP contribution is -2.33. The van der Waals surface area contributed by atoms with E-state index in [1.165, 1.54) is 10.9 Å². The molecule has 1 atom stereocenters. The molecule has 0 saturated heterocycles. The number of nitrogens with zero attached hydrogens (tertiary/aromatic N) is 2. The van der Waals surface area contributed by atoms with E-state index in [0.29, 0.717) is 0 Å². The number of rotatable bonds is 7. The molecule has 4 nitrogen and oxygen atoms in total. The van der Waals surface area contributed by atoms with Crippen LogP contribution in [0.25, 0.3) is 0 Å². The number of alkyl halides is 4. The van der Waals surface area contributed by atoms with Gasteiger partial charge in [-0.2, -0.15) is 13.9 Å². The summed E-state index contributed by atoms with van der Waals surface area (Å²) in [6.07, 6.45) is -3.85. The zero-order valence-corrected chi connectivity index (χ0v) is 11.6. The summed E-state index contributed by atoms with van der Waals surface area (Å²) in [5.74, 6) is -4.25. The first-order chi connectivity index (χ1) is 9.16. The van der Waals surface area contributed by atoms with Crippen molar-refractivity contribution < 1.29 is 27.4 Å². The van der Waals surface area contributed by atoms with Gasteiger partial charge in [-0.05, 0) is 13.8 Å². The minimum absolute atomic E-state index is 0.116. The molecule has 1 N–H and O–H groups in total. The maximum atomic E-state index is 12.6. The lowest BCUT2D eigenvalue weighted by atomic mass is 10.2. The highest BCUT2D eigenvalue weighted by atomic mass is 35.5. The largest absolute Gasteiger partial charge is 0.384 e. The number of aromatic nitrogens is 2. The molecule has 0 spiro atoms. The van der Waals surface area contributed by atoms with Crippen molar-refractivity contribution in [2.45, 2.75) is 38.3 Å². The number of aliphatic hydroxyl groups is 1. The second-order valence-electron chi connectivity index (χ2n) is 4.51. The smallest absolute Gasteiger partial charge is 0.330 e. The van der Waals surface area contributed by atoms with Gasteiger partial charge in [-0.1, -0.05) is 11.6 Å². The average Bonchev–Trinajstić information content (AvgIpc) is 2.70. The Labute approximate surface area is 118 Å². The molecular weight excluding hydrogens is 304 g/mol. The summed E-state index contributed by atoms with van der Waals surface area (Å²) in [4.78, 5) is 0. The molecule has 0 aliphatic heterocycles. The summed E-state index contributed by atoms with van der Waals surface area (Å²) in [5.41, 5.74) is 0.196. The van der Waals surface area contributed by atoms with E-state index in [0.717, 1.165) is 0 Å². The Hall–Kier alpha value is -0.860. The van der Waals surface area contributed by atoms with Crippen molar-refractivity contribution in [2.24, 2.45) is 0 Å². The van der Waals surface area contributed by atoms with E-state index in [1.54, 1.807) is 13.8 Å². The molecule has 0 amide bonds. The molecule has 0 radical (unpaired) electrons. The summed E-state index contributed by atoms with van der Waals surface area (Å²) >= 11 is 5.84. The van der Waals surface area contributed by atoms with Crippen molar-refractivity contribution in [3.8, 4) is 0 Å². The van der Waals surface area contributed by atoms with Crippen LogP contribution in [0.4, 0.5) is 17.6 Å². The second-order valence-corrected chi connectivity index (χ2v) is 4.92. The fourth-order valence-corrected chi connectivity index (χ4v) is 1.78. The molecule has 0 bridgehead atoms. The molecule has 0 fully saturated rings. The van der Waals surface area contributed by atoms with Gasteiger partial charge in [0.25, 0.3) is 0 Å². The zero-order chi connectivity index (χ0) is 15.5. The van der Waals surface area contributed by atoms with E-state index in [-0.39, 0.29) is 16.8 Å². The second kappa shape index (κ2) is 6.73. The van der Waals surface area contributed by atoms with Crippen molar-refractivity contribution >= 4 is 11.6 Å². The molecule has 0 saturated carbocycles. The maximum absolute atomic E-state index is 12.6. The van der Waals surface area contributed by atoms with Gasteiger partial charge in [0, 0.05) is 6.04 Å². The Balaban J connectivity index is 2.64. The Morgan fingerprint density at radius 2 is 2.05 bits per heavy atom. The quantitative estimate of drug-likeness (QED) is 0.786. The van der Waals surface area contributed by atoms with Crippen LogP contribution in [0.5, 0.6) is 0 Å². The molecule has 1 aromatic heterocycles. The van der Waals surface area contributed by atoms with Gasteiger partial charge in [0.2, 0.25) is 0 Å². The van der Waals surface area contributed by atoms with Crippen molar-refractivity contribution in [1.82, 2.24) is 9.78 Å². The topological polar surface area (TPSA) is 47.3 Å². The number of halogens is 5. The third-order valence-electron chi connectivity index (χ3n) is 2.48. The maximum Gasteiger partial charge on any atom is 0.330 e. The molecule has 116 valence electrons. The molecule has 0 aliphatic rings. The third-order valence-corrected chi connectivity index (χ3v) is 2.77. The molecule has 1 unspecified atom stereocenters. The summed E-state index contributed by atoms with van der Waals surface area (Å²) in [6.45, 7) is 1.51. The van der Waals surface area contributed by atoms with Gasteiger partial charge in [-0.3, -0.25) is 4.68 Å². The molecule has 20 heavy (non-hydrogen) atoms. The molecule has 0 aromatic carbocycles. The molecule has 1 rings (SSSR count). The van der Waals surface area contributed by atoms with Crippen molar-refractivity contribution in [1.29, 1.82) is 0 Å². The number of ether oxygens (including phenoxy) is 1. The number of hydrogen-bond donors (Lipinski definition) is 1. The first-order valence-corrected chi connectivity index (χ1v) is 6.19. The highest BCUT2D eigenvalue weighted by Crippen LogP contribution is 2.27. The highest BCUT2D eigenvalue weighted by Gasteiger charge is 2.41. The molecular formula is C11H15ClF4N2O2. The van der Waals surface area contributed by atoms with E-state index < -0.39 is 31.7 Å². The predicted octanol–water partition coefficient (Wildman–Crippen LogP) is 3.07. The summed E-state index contributed by atoms with van der Waals surface area (Å²) in [7, 11) is 0. The average molecular weight is 319 g/mol. The Bertz CT molecular complexity index is 440. The third kappa shape index (κ3) is 4.07. The van der Waals surface area contributed by atoms with Crippen LogP contribution >= 0.6 is 11.6 Å². The van der Waals surface area contributed by atoms with Crippen molar-refractivity contribution in [2.75, 3.05) is 13.2 Å². The fourth-order valence-electron chi connectivity index (χ4n) is 1.52. The van der Waals surface area contributed by atoms with Crippen LogP contribution < -0.4 is 0 Å². The van der Waals surface area contributed by atoms with E-state index in [4.69, 9.17) is 11.6 Å². The van der Waals surface area contributed by atoms with Gasteiger partial charge >= 0.3 is 12.3 Å². The van der Waals surface area contributed by atoms with E-state index in [1.807, 2.05) is 0 Å². The van der Waals surface area contributed by atoms with Crippen LogP contribution in [-0.2, 0) is 4.74 Å². The molecule has 1 aromatic rings.